The second-order valence-electron chi connectivity index (χ2n) is 6.36. The molecule has 1 aliphatic rings. The molecule has 0 radical (unpaired) electrons. The summed E-state index contributed by atoms with van der Waals surface area (Å²) in [5.41, 5.74) is 2.80. The number of piperidine rings is 1. The van der Waals surface area contributed by atoms with Crippen molar-refractivity contribution >= 4 is 5.91 Å². The molecule has 1 amide bonds. The van der Waals surface area contributed by atoms with E-state index in [9.17, 15) is 9.59 Å². The number of H-pyrrole nitrogens is 1. The van der Waals surface area contributed by atoms with Crippen LogP contribution in [0, 0.1) is 12.8 Å². The van der Waals surface area contributed by atoms with Gasteiger partial charge in [-0.15, -0.1) is 0 Å². The van der Waals surface area contributed by atoms with Crippen molar-refractivity contribution in [3.8, 4) is 0 Å². The third kappa shape index (κ3) is 3.36. The standard InChI is InChI=1S/C17H22N4O2/c1-12-9-18-19-15(12)8-13-4-3-7-21(10-13)17(23)14-5-6-16(22)20(2)11-14/h5-6,9,11,13H,3-4,7-8,10H2,1-2H3,(H,18,19)/t13-/m0/s1. The number of carbonyl (C=O) groups excluding carboxylic acids is 1. The Morgan fingerprint density at radius 2 is 2.26 bits per heavy atom. The zero-order chi connectivity index (χ0) is 16.4. The van der Waals surface area contributed by atoms with Crippen molar-refractivity contribution in [1.82, 2.24) is 19.7 Å². The van der Waals surface area contributed by atoms with E-state index < -0.39 is 0 Å². The number of pyridine rings is 1. The highest BCUT2D eigenvalue weighted by molar-refractivity contribution is 5.94. The van der Waals surface area contributed by atoms with Crippen molar-refractivity contribution in [3.63, 3.8) is 0 Å². The molecule has 1 saturated heterocycles. The van der Waals surface area contributed by atoms with E-state index in [-0.39, 0.29) is 11.5 Å². The van der Waals surface area contributed by atoms with Crippen LogP contribution in [0.4, 0.5) is 0 Å². The predicted octanol–water partition coefficient (Wildman–Crippen LogP) is 1.51. The molecular formula is C17H22N4O2. The van der Waals surface area contributed by atoms with E-state index in [0.29, 0.717) is 11.5 Å². The van der Waals surface area contributed by atoms with Gasteiger partial charge < -0.3 is 9.47 Å². The molecule has 1 atom stereocenters. The SMILES string of the molecule is Cc1cn[nH]c1C[C@@H]1CCCN(C(=O)c2ccc(=O)n(C)c2)C1. The maximum atomic E-state index is 12.7. The number of nitrogens with zero attached hydrogens (tertiary/aromatic N) is 3. The molecule has 23 heavy (non-hydrogen) atoms. The average molecular weight is 314 g/mol. The number of rotatable bonds is 3. The molecule has 3 rings (SSSR count). The Hall–Kier alpha value is -2.37. The van der Waals surface area contributed by atoms with Gasteiger partial charge in [0.05, 0.1) is 11.8 Å². The van der Waals surface area contributed by atoms with Gasteiger partial charge in [-0.2, -0.15) is 5.10 Å². The van der Waals surface area contributed by atoms with Crippen molar-refractivity contribution in [2.24, 2.45) is 13.0 Å². The normalized spacial score (nSPS) is 18.2. The van der Waals surface area contributed by atoms with Gasteiger partial charge in [0.2, 0.25) is 5.56 Å². The average Bonchev–Trinajstić information content (AvgIpc) is 2.95. The zero-order valence-corrected chi connectivity index (χ0v) is 13.6. The third-order valence-corrected chi connectivity index (χ3v) is 4.57. The number of hydrogen-bond donors (Lipinski definition) is 1. The fourth-order valence-electron chi connectivity index (χ4n) is 3.19. The van der Waals surface area contributed by atoms with E-state index in [2.05, 4.69) is 17.1 Å². The van der Waals surface area contributed by atoms with E-state index in [4.69, 9.17) is 0 Å². The first kappa shape index (κ1) is 15.5. The molecule has 122 valence electrons. The summed E-state index contributed by atoms with van der Waals surface area (Å²) in [7, 11) is 1.67. The van der Waals surface area contributed by atoms with Crippen LogP contribution in [0.1, 0.15) is 34.5 Å². The smallest absolute Gasteiger partial charge is 0.255 e. The van der Waals surface area contributed by atoms with E-state index in [1.54, 1.807) is 19.3 Å². The molecule has 0 aliphatic carbocycles. The van der Waals surface area contributed by atoms with Crippen molar-refractivity contribution < 1.29 is 4.79 Å². The molecule has 0 saturated carbocycles. The lowest BCUT2D eigenvalue weighted by Gasteiger charge is -2.32. The predicted molar refractivity (Wildman–Crippen MR) is 87.3 cm³/mol. The first-order chi connectivity index (χ1) is 11.0. The summed E-state index contributed by atoms with van der Waals surface area (Å²) in [6.07, 6.45) is 6.51. The molecule has 1 N–H and O–H groups in total. The summed E-state index contributed by atoms with van der Waals surface area (Å²) in [4.78, 5) is 26.0. The molecule has 0 spiro atoms. The fourth-order valence-corrected chi connectivity index (χ4v) is 3.19. The quantitative estimate of drug-likeness (QED) is 0.933. The van der Waals surface area contributed by atoms with Crippen LogP contribution in [-0.2, 0) is 13.5 Å². The number of aryl methyl sites for hydroxylation is 2. The minimum Gasteiger partial charge on any atom is -0.338 e. The lowest BCUT2D eigenvalue weighted by molar-refractivity contribution is 0.0672. The van der Waals surface area contributed by atoms with Crippen molar-refractivity contribution in [3.05, 3.63) is 51.7 Å². The lowest BCUT2D eigenvalue weighted by atomic mass is 9.92. The highest BCUT2D eigenvalue weighted by Gasteiger charge is 2.25. The summed E-state index contributed by atoms with van der Waals surface area (Å²) in [6, 6.07) is 3.07. The Kier molecular flexibility index (Phi) is 4.32. The van der Waals surface area contributed by atoms with E-state index in [1.165, 1.54) is 16.2 Å². The van der Waals surface area contributed by atoms with Gasteiger partial charge in [0.1, 0.15) is 0 Å². The minimum absolute atomic E-state index is 0.00614. The molecule has 0 unspecified atom stereocenters. The maximum absolute atomic E-state index is 12.7. The Morgan fingerprint density at radius 1 is 1.43 bits per heavy atom. The highest BCUT2D eigenvalue weighted by Crippen LogP contribution is 2.22. The number of aromatic nitrogens is 3. The van der Waals surface area contributed by atoms with Crippen LogP contribution in [0.2, 0.25) is 0 Å². The van der Waals surface area contributed by atoms with Crippen LogP contribution in [0.3, 0.4) is 0 Å². The molecule has 2 aromatic heterocycles. The van der Waals surface area contributed by atoms with E-state index in [0.717, 1.165) is 38.0 Å². The molecule has 3 heterocycles. The molecule has 1 aliphatic heterocycles. The van der Waals surface area contributed by atoms with Crippen molar-refractivity contribution in [2.75, 3.05) is 13.1 Å². The van der Waals surface area contributed by atoms with Crippen LogP contribution >= 0.6 is 0 Å². The zero-order valence-electron chi connectivity index (χ0n) is 13.6. The van der Waals surface area contributed by atoms with Gasteiger partial charge in [0.15, 0.2) is 0 Å². The Bertz CT molecular complexity index is 762. The van der Waals surface area contributed by atoms with Gasteiger partial charge in [-0.05, 0) is 43.7 Å². The largest absolute Gasteiger partial charge is 0.338 e. The Balaban J connectivity index is 1.70. The first-order valence-corrected chi connectivity index (χ1v) is 7.99. The topological polar surface area (TPSA) is 71.0 Å². The van der Waals surface area contributed by atoms with Gasteiger partial charge in [0.25, 0.3) is 5.91 Å². The summed E-state index contributed by atoms with van der Waals surface area (Å²) in [5.74, 6) is 0.450. The summed E-state index contributed by atoms with van der Waals surface area (Å²) in [5, 5.41) is 7.12. The maximum Gasteiger partial charge on any atom is 0.255 e. The molecule has 0 aromatic carbocycles. The molecule has 6 nitrogen and oxygen atoms in total. The van der Waals surface area contributed by atoms with Gasteiger partial charge in [0, 0.05) is 38.1 Å². The summed E-state index contributed by atoms with van der Waals surface area (Å²) >= 11 is 0. The number of nitrogens with one attached hydrogen (secondary N) is 1. The van der Waals surface area contributed by atoms with E-state index >= 15 is 0 Å². The Morgan fingerprint density at radius 3 is 2.96 bits per heavy atom. The second-order valence-corrected chi connectivity index (χ2v) is 6.36. The van der Waals surface area contributed by atoms with Gasteiger partial charge in [-0.1, -0.05) is 0 Å². The van der Waals surface area contributed by atoms with Crippen LogP contribution in [-0.4, -0.2) is 38.7 Å². The molecule has 6 heteroatoms. The number of hydrogen-bond acceptors (Lipinski definition) is 3. The lowest BCUT2D eigenvalue weighted by Crippen LogP contribution is -2.41. The third-order valence-electron chi connectivity index (χ3n) is 4.57. The molecular weight excluding hydrogens is 292 g/mol. The molecule has 0 bridgehead atoms. The Labute approximate surface area is 135 Å². The van der Waals surface area contributed by atoms with Gasteiger partial charge in [-0.3, -0.25) is 14.7 Å². The second kappa shape index (κ2) is 6.40. The van der Waals surface area contributed by atoms with Gasteiger partial charge in [-0.25, -0.2) is 0 Å². The fraction of sp³-hybridized carbons (Fsp3) is 0.471. The van der Waals surface area contributed by atoms with Crippen LogP contribution in [0.25, 0.3) is 0 Å². The van der Waals surface area contributed by atoms with Crippen LogP contribution in [0.15, 0.2) is 29.3 Å². The van der Waals surface area contributed by atoms with Gasteiger partial charge >= 0.3 is 0 Å². The number of amides is 1. The molecule has 1 fully saturated rings. The number of carbonyl (C=O) groups is 1. The molecule has 2 aromatic rings. The first-order valence-electron chi connectivity index (χ1n) is 7.99. The van der Waals surface area contributed by atoms with Crippen molar-refractivity contribution in [2.45, 2.75) is 26.2 Å². The van der Waals surface area contributed by atoms with E-state index in [1.807, 2.05) is 11.1 Å². The highest BCUT2D eigenvalue weighted by atomic mass is 16.2. The minimum atomic E-state index is -0.104. The summed E-state index contributed by atoms with van der Waals surface area (Å²) in [6.45, 7) is 3.58. The van der Waals surface area contributed by atoms with Crippen LogP contribution in [0.5, 0.6) is 0 Å². The van der Waals surface area contributed by atoms with Crippen LogP contribution < -0.4 is 5.56 Å². The number of aromatic amines is 1. The summed E-state index contributed by atoms with van der Waals surface area (Å²) < 4.78 is 1.45. The van der Waals surface area contributed by atoms with Crippen molar-refractivity contribution in [1.29, 1.82) is 0 Å². The monoisotopic (exact) mass is 314 g/mol. The number of likely N-dealkylation sites (tertiary alicyclic amines) is 1.